The van der Waals surface area contributed by atoms with Gasteiger partial charge in [0.25, 0.3) is 0 Å². The number of aromatic nitrogens is 1. The molecular formula is C26H26N2O. The van der Waals surface area contributed by atoms with Crippen molar-refractivity contribution in [1.82, 2.24) is 10.3 Å². The summed E-state index contributed by atoms with van der Waals surface area (Å²) < 4.78 is 5.86. The van der Waals surface area contributed by atoms with Gasteiger partial charge in [-0.3, -0.25) is 0 Å². The highest BCUT2D eigenvalue weighted by Crippen LogP contribution is 2.36. The Kier molecular flexibility index (Phi) is 4.69. The average Bonchev–Trinajstić information content (AvgIpc) is 2.77. The maximum atomic E-state index is 5.86. The molecule has 3 nitrogen and oxygen atoms in total. The third kappa shape index (κ3) is 3.36. The van der Waals surface area contributed by atoms with Crippen molar-refractivity contribution in [1.29, 1.82) is 0 Å². The van der Waals surface area contributed by atoms with Crippen molar-refractivity contribution in [2.45, 2.75) is 26.8 Å². The van der Waals surface area contributed by atoms with E-state index in [1.54, 1.807) is 0 Å². The zero-order valence-corrected chi connectivity index (χ0v) is 17.0. The maximum absolute atomic E-state index is 5.86. The maximum Gasteiger partial charge on any atom is 0.119 e. The number of pyridine rings is 1. The van der Waals surface area contributed by atoms with E-state index in [0.29, 0.717) is 5.92 Å². The van der Waals surface area contributed by atoms with Gasteiger partial charge in [-0.15, -0.1) is 0 Å². The number of benzene rings is 3. The molecule has 4 aromatic rings. The van der Waals surface area contributed by atoms with Gasteiger partial charge in [0.05, 0.1) is 17.8 Å². The van der Waals surface area contributed by atoms with E-state index >= 15 is 0 Å². The first-order valence-electron chi connectivity index (χ1n) is 10.5. The molecule has 1 aliphatic heterocycles. The highest BCUT2D eigenvalue weighted by Gasteiger charge is 2.20. The van der Waals surface area contributed by atoms with Gasteiger partial charge in [-0.2, -0.15) is 0 Å². The summed E-state index contributed by atoms with van der Waals surface area (Å²) in [7, 11) is 0. The summed E-state index contributed by atoms with van der Waals surface area (Å²) in [4.78, 5) is 5.13. The molecule has 3 heteroatoms. The first kappa shape index (κ1) is 18.1. The van der Waals surface area contributed by atoms with E-state index in [4.69, 9.17) is 9.72 Å². The summed E-state index contributed by atoms with van der Waals surface area (Å²) in [5.41, 5.74) is 6.10. The molecule has 1 N–H and O–H groups in total. The fourth-order valence-electron chi connectivity index (χ4n) is 4.26. The molecule has 0 amide bonds. The van der Waals surface area contributed by atoms with Gasteiger partial charge < -0.3 is 10.1 Å². The number of nitrogens with one attached hydrogen (secondary N) is 1. The van der Waals surface area contributed by atoms with Gasteiger partial charge in [-0.25, -0.2) is 4.98 Å². The first-order chi connectivity index (χ1) is 14.2. The second-order valence-corrected chi connectivity index (χ2v) is 8.25. The SMILES string of the molecule is CC(C)COc1ccc(-c2nc3ccc4ccccc4c3c3c2CNCC3)cc1. The summed E-state index contributed by atoms with van der Waals surface area (Å²) in [5.74, 6) is 1.44. The highest BCUT2D eigenvalue weighted by molar-refractivity contribution is 6.09. The number of fused-ring (bicyclic) bond motifs is 5. The lowest BCUT2D eigenvalue weighted by Crippen LogP contribution is -2.25. The Labute approximate surface area is 171 Å². The van der Waals surface area contributed by atoms with Gasteiger partial charge >= 0.3 is 0 Å². The van der Waals surface area contributed by atoms with Crippen molar-refractivity contribution in [2.24, 2.45) is 5.92 Å². The molecular weight excluding hydrogens is 356 g/mol. The number of hydrogen-bond donors (Lipinski definition) is 1. The van der Waals surface area contributed by atoms with Crippen LogP contribution in [0.1, 0.15) is 25.0 Å². The monoisotopic (exact) mass is 382 g/mol. The Morgan fingerprint density at radius 2 is 1.79 bits per heavy atom. The molecule has 0 atom stereocenters. The summed E-state index contributed by atoms with van der Waals surface area (Å²) in [6, 6.07) is 21.4. The molecule has 0 saturated heterocycles. The van der Waals surface area contributed by atoms with E-state index in [9.17, 15) is 0 Å². The molecule has 0 fully saturated rings. The van der Waals surface area contributed by atoms with Crippen LogP contribution in [-0.2, 0) is 13.0 Å². The standard InChI is InChI=1S/C26H26N2O/c1-17(2)16-29-20-10-7-19(8-11-20)26-23-15-27-14-13-22(23)25-21-6-4-3-5-18(21)9-12-24(25)28-26/h3-12,17,27H,13-16H2,1-2H3. The molecule has 0 saturated carbocycles. The smallest absolute Gasteiger partial charge is 0.119 e. The second kappa shape index (κ2) is 7.49. The average molecular weight is 383 g/mol. The van der Waals surface area contributed by atoms with Crippen LogP contribution in [0.25, 0.3) is 32.9 Å². The van der Waals surface area contributed by atoms with Crippen LogP contribution < -0.4 is 10.1 Å². The molecule has 5 rings (SSSR count). The van der Waals surface area contributed by atoms with E-state index in [2.05, 4.69) is 79.8 Å². The molecule has 0 unspecified atom stereocenters. The minimum atomic E-state index is 0.518. The first-order valence-corrected chi connectivity index (χ1v) is 10.5. The Balaban J connectivity index is 1.66. The van der Waals surface area contributed by atoms with Crippen LogP contribution >= 0.6 is 0 Å². The predicted octanol–water partition coefficient (Wildman–Crippen LogP) is 5.74. The number of nitrogens with zero attached hydrogens (tertiary/aromatic N) is 1. The van der Waals surface area contributed by atoms with Crippen molar-refractivity contribution >= 4 is 21.7 Å². The lowest BCUT2D eigenvalue weighted by molar-refractivity contribution is 0.271. The number of hydrogen-bond acceptors (Lipinski definition) is 3. The van der Waals surface area contributed by atoms with Crippen molar-refractivity contribution in [3.63, 3.8) is 0 Å². The van der Waals surface area contributed by atoms with Crippen LogP contribution in [0.2, 0.25) is 0 Å². The molecule has 1 aromatic heterocycles. The molecule has 146 valence electrons. The van der Waals surface area contributed by atoms with E-state index in [0.717, 1.165) is 48.6 Å². The Morgan fingerprint density at radius 1 is 0.966 bits per heavy atom. The molecule has 0 aliphatic carbocycles. The number of ether oxygens (including phenoxy) is 1. The van der Waals surface area contributed by atoms with E-state index < -0.39 is 0 Å². The highest BCUT2D eigenvalue weighted by atomic mass is 16.5. The summed E-state index contributed by atoms with van der Waals surface area (Å²) in [6.45, 7) is 6.94. The largest absolute Gasteiger partial charge is 0.493 e. The fraction of sp³-hybridized carbons (Fsp3) is 0.269. The summed E-state index contributed by atoms with van der Waals surface area (Å²) in [5, 5.41) is 7.45. The van der Waals surface area contributed by atoms with Gasteiger partial charge in [-0.1, -0.05) is 44.2 Å². The van der Waals surface area contributed by atoms with E-state index in [-0.39, 0.29) is 0 Å². The normalized spacial score (nSPS) is 13.8. The van der Waals surface area contributed by atoms with Gasteiger partial charge in [0, 0.05) is 17.5 Å². The van der Waals surface area contributed by atoms with E-state index in [1.165, 1.54) is 27.3 Å². The minimum absolute atomic E-state index is 0.518. The van der Waals surface area contributed by atoms with Crippen molar-refractivity contribution in [2.75, 3.05) is 13.2 Å². The van der Waals surface area contributed by atoms with Gasteiger partial charge in [0.15, 0.2) is 0 Å². The zero-order valence-electron chi connectivity index (χ0n) is 17.0. The van der Waals surface area contributed by atoms with Gasteiger partial charge in [0.2, 0.25) is 0 Å². The van der Waals surface area contributed by atoms with Crippen molar-refractivity contribution in [3.05, 3.63) is 71.8 Å². The van der Waals surface area contributed by atoms with Crippen LogP contribution in [-0.4, -0.2) is 18.1 Å². The molecule has 0 radical (unpaired) electrons. The summed E-state index contributed by atoms with van der Waals surface area (Å²) in [6.07, 6.45) is 1.03. The summed E-state index contributed by atoms with van der Waals surface area (Å²) >= 11 is 0. The van der Waals surface area contributed by atoms with E-state index in [1.807, 2.05) is 0 Å². The van der Waals surface area contributed by atoms with Gasteiger partial charge in [0.1, 0.15) is 5.75 Å². The van der Waals surface area contributed by atoms with Crippen molar-refractivity contribution in [3.8, 4) is 17.0 Å². The Bertz CT molecular complexity index is 1180. The minimum Gasteiger partial charge on any atom is -0.493 e. The molecule has 0 spiro atoms. The third-order valence-corrected chi connectivity index (χ3v) is 5.66. The predicted molar refractivity (Wildman–Crippen MR) is 120 cm³/mol. The fourth-order valence-corrected chi connectivity index (χ4v) is 4.26. The lowest BCUT2D eigenvalue weighted by Gasteiger charge is -2.23. The van der Waals surface area contributed by atoms with Crippen LogP contribution in [0, 0.1) is 5.92 Å². The van der Waals surface area contributed by atoms with Crippen LogP contribution in [0.4, 0.5) is 0 Å². The topological polar surface area (TPSA) is 34.1 Å². The van der Waals surface area contributed by atoms with Crippen LogP contribution in [0.15, 0.2) is 60.7 Å². The Morgan fingerprint density at radius 3 is 2.62 bits per heavy atom. The van der Waals surface area contributed by atoms with Crippen molar-refractivity contribution < 1.29 is 4.74 Å². The molecule has 0 bridgehead atoms. The molecule has 1 aliphatic rings. The van der Waals surface area contributed by atoms with Gasteiger partial charge in [-0.05, 0) is 71.1 Å². The lowest BCUT2D eigenvalue weighted by atomic mass is 9.90. The van der Waals surface area contributed by atoms with Crippen LogP contribution in [0.5, 0.6) is 5.75 Å². The second-order valence-electron chi connectivity index (χ2n) is 8.25. The number of rotatable bonds is 4. The third-order valence-electron chi connectivity index (χ3n) is 5.66. The molecule has 29 heavy (non-hydrogen) atoms. The zero-order chi connectivity index (χ0) is 19.8. The quantitative estimate of drug-likeness (QED) is 0.457. The van der Waals surface area contributed by atoms with Crippen LogP contribution in [0.3, 0.4) is 0 Å². The molecule has 3 aromatic carbocycles. The molecule has 2 heterocycles. The Hall–Kier alpha value is -2.91.